The van der Waals surface area contributed by atoms with E-state index in [2.05, 4.69) is 20.8 Å². The number of hydrogen-bond donors (Lipinski definition) is 2. The van der Waals surface area contributed by atoms with Crippen molar-refractivity contribution in [3.63, 3.8) is 0 Å². The van der Waals surface area contributed by atoms with Crippen molar-refractivity contribution in [3.8, 4) is 5.69 Å². The summed E-state index contributed by atoms with van der Waals surface area (Å²) in [6, 6.07) is 11.7. The first kappa shape index (κ1) is 23.3. The van der Waals surface area contributed by atoms with E-state index >= 15 is 0 Å². The van der Waals surface area contributed by atoms with Gasteiger partial charge in [0.25, 0.3) is 0 Å². The van der Waals surface area contributed by atoms with Gasteiger partial charge in [-0.1, -0.05) is 26.8 Å². The fraction of sp³-hybridized carbons (Fsp3) is 0.292. The monoisotopic (exact) mass is 470 g/mol. The number of urea groups is 1. The molecule has 178 valence electrons. The Balaban J connectivity index is 1.56. The lowest BCUT2D eigenvalue weighted by Gasteiger charge is -2.14. The number of rotatable bonds is 4. The van der Waals surface area contributed by atoms with Gasteiger partial charge in [-0.15, -0.1) is 0 Å². The van der Waals surface area contributed by atoms with Crippen LogP contribution in [-0.2, 0) is 25.2 Å². The molecule has 0 saturated carbocycles. The van der Waals surface area contributed by atoms with Crippen LogP contribution in [0.3, 0.4) is 0 Å². The van der Waals surface area contributed by atoms with Gasteiger partial charge < -0.3 is 10.6 Å². The number of nitrogens with one attached hydrogen (secondary N) is 2. The standard InChI is InChI=1S/C24H25F3N6O/c1-23(2,3)21-12-17(33(31-21)16-10-8-15(9-11-16)24(25,26)27)13-28-22(34)30-19-6-5-7-20-18(19)14-29-32(20)4/h5-12,14H,13H2,1-4H3,(H2,28,30,34). The minimum absolute atomic E-state index is 0.124. The zero-order chi connectivity index (χ0) is 24.7. The van der Waals surface area contributed by atoms with Gasteiger partial charge in [-0.05, 0) is 42.5 Å². The van der Waals surface area contributed by atoms with Crippen LogP contribution in [-0.4, -0.2) is 25.6 Å². The van der Waals surface area contributed by atoms with Gasteiger partial charge in [0.15, 0.2) is 0 Å². The highest BCUT2D eigenvalue weighted by Gasteiger charge is 2.30. The van der Waals surface area contributed by atoms with E-state index in [0.717, 1.165) is 28.7 Å². The number of aromatic nitrogens is 4. The Morgan fingerprint density at radius 3 is 2.41 bits per heavy atom. The Kier molecular flexibility index (Phi) is 5.84. The van der Waals surface area contributed by atoms with Gasteiger partial charge >= 0.3 is 12.2 Å². The molecule has 2 aromatic carbocycles. The second kappa shape index (κ2) is 8.51. The number of carbonyl (C=O) groups excluding carboxylic acids is 1. The normalized spacial score (nSPS) is 12.2. The Morgan fingerprint density at radius 1 is 1.06 bits per heavy atom. The van der Waals surface area contributed by atoms with Crippen molar-refractivity contribution in [1.29, 1.82) is 0 Å². The molecule has 2 aromatic heterocycles. The number of alkyl halides is 3. The Bertz CT molecular complexity index is 1330. The number of hydrogen-bond acceptors (Lipinski definition) is 3. The van der Waals surface area contributed by atoms with Gasteiger partial charge in [-0.25, -0.2) is 9.48 Å². The Hall–Kier alpha value is -3.82. The summed E-state index contributed by atoms with van der Waals surface area (Å²) in [6.45, 7) is 6.10. The van der Waals surface area contributed by atoms with Gasteiger partial charge in [0.2, 0.25) is 0 Å². The maximum atomic E-state index is 13.0. The van der Waals surface area contributed by atoms with Crippen LogP contribution in [0.15, 0.2) is 54.7 Å². The zero-order valence-corrected chi connectivity index (χ0v) is 19.2. The van der Waals surface area contributed by atoms with E-state index in [4.69, 9.17) is 0 Å². The third kappa shape index (κ3) is 4.75. The van der Waals surface area contributed by atoms with Gasteiger partial charge in [0.05, 0.1) is 46.6 Å². The summed E-state index contributed by atoms with van der Waals surface area (Å²) in [7, 11) is 1.82. The average molecular weight is 470 g/mol. The summed E-state index contributed by atoms with van der Waals surface area (Å²) in [4.78, 5) is 12.6. The number of halogens is 3. The summed E-state index contributed by atoms with van der Waals surface area (Å²) in [5.41, 5.74) is 2.35. The number of benzene rings is 2. The molecule has 4 rings (SSSR count). The molecule has 0 saturated heterocycles. The fourth-order valence-corrected chi connectivity index (χ4v) is 3.55. The van der Waals surface area contributed by atoms with E-state index < -0.39 is 17.8 Å². The Labute approximate surface area is 194 Å². The van der Waals surface area contributed by atoms with E-state index in [-0.39, 0.29) is 12.0 Å². The molecule has 0 aliphatic carbocycles. The van der Waals surface area contributed by atoms with Gasteiger partial charge in [0.1, 0.15) is 0 Å². The van der Waals surface area contributed by atoms with Crippen LogP contribution in [0, 0.1) is 0 Å². The minimum Gasteiger partial charge on any atom is -0.332 e. The molecule has 2 heterocycles. The number of carbonyl (C=O) groups is 1. The van der Waals surface area contributed by atoms with Crippen molar-refractivity contribution in [2.45, 2.75) is 38.9 Å². The SMILES string of the molecule is Cn1ncc2c(NC(=O)NCc3cc(C(C)(C)C)nn3-c3ccc(C(F)(F)F)cc3)cccc21. The van der Waals surface area contributed by atoms with E-state index in [1.54, 1.807) is 21.6 Å². The first-order valence-corrected chi connectivity index (χ1v) is 10.7. The number of anilines is 1. The van der Waals surface area contributed by atoms with Crippen LogP contribution in [0.1, 0.15) is 37.7 Å². The first-order chi connectivity index (χ1) is 15.9. The maximum Gasteiger partial charge on any atom is 0.416 e. The molecule has 7 nitrogen and oxygen atoms in total. The molecule has 0 atom stereocenters. The molecule has 34 heavy (non-hydrogen) atoms. The highest BCUT2D eigenvalue weighted by molar-refractivity contribution is 6.00. The summed E-state index contributed by atoms with van der Waals surface area (Å²) < 4.78 is 42.2. The van der Waals surface area contributed by atoms with E-state index in [1.807, 2.05) is 46.0 Å². The lowest BCUT2D eigenvalue weighted by molar-refractivity contribution is -0.137. The van der Waals surface area contributed by atoms with Gasteiger partial charge in [-0.2, -0.15) is 23.4 Å². The summed E-state index contributed by atoms with van der Waals surface area (Å²) >= 11 is 0. The summed E-state index contributed by atoms with van der Waals surface area (Å²) in [5.74, 6) is 0. The third-order valence-electron chi connectivity index (χ3n) is 5.46. The van der Waals surface area contributed by atoms with E-state index in [1.165, 1.54) is 12.1 Å². The van der Waals surface area contributed by atoms with Crippen molar-refractivity contribution >= 4 is 22.6 Å². The summed E-state index contributed by atoms with van der Waals surface area (Å²) in [6.07, 6.45) is -2.74. The molecule has 0 bridgehead atoms. The lowest BCUT2D eigenvalue weighted by atomic mass is 9.92. The van der Waals surface area contributed by atoms with Crippen LogP contribution >= 0.6 is 0 Å². The predicted molar refractivity (Wildman–Crippen MR) is 124 cm³/mol. The maximum absolute atomic E-state index is 13.0. The predicted octanol–water partition coefficient (Wildman–Crippen LogP) is 5.40. The number of nitrogens with zero attached hydrogens (tertiary/aromatic N) is 4. The minimum atomic E-state index is -4.42. The van der Waals surface area contributed by atoms with Gasteiger partial charge in [-0.3, -0.25) is 4.68 Å². The molecule has 2 amide bonds. The largest absolute Gasteiger partial charge is 0.416 e. The highest BCUT2D eigenvalue weighted by Crippen LogP contribution is 2.30. The van der Waals surface area contributed by atoms with Crippen LogP contribution in [0.2, 0.25) is 0 Å². The van der Waals surface area contributed by atoms with Gasteiger partial charge in [0, 0.05) is 17.8 Å². The smallest absolute Gasteiger partial charge is 0.332 e. The second-order valence-electron chi connectivity index (χ2n) is 9.04. The molecular formula is C24H25F3N6O. The van der Waals surface area contributed by atoms with E-state index in [9.17, 15) is 18.0 Å². The average Bonchev–Trinajstić information content (AvgIpc) is 3.37. The van der Waals surface area contributed by atoms with Crippen molar-refractivity contribution < 1.29 is 18.0 Å². The molecule has 10 heteroatoms. The fourth-order valence-electron chi connectivity index (χ4n) is 3.55. The number of fused-ring (bicyclic) bond motifs is 1. The topological polar surface area (TPSA) is 76.8 Å². The first-order valence-electron chi connectivity index (χ1n) is 10.7. The molecule has 0 fully saturated rings. The molecule has 0 unspecified atom stereocenters. The number of amides is 2. The van der Waals surface area contributed by atoms with Crippen molar-refractivity contribution in [2.75, 3.05) is 5.32 Å². The second-order valence-corrected chi connectivity index (χ2v) is 9.04. The molecule has 2 N–H and O–H groups in total. The number of aryl methyl sites for hydroxylation is 1. The molecule has 0 aliphatic rings. The van der Waals surface area contributed by atoms with Crippen LogP contribution in [0.4, 0.5) is 23.7 Å². The van der Waals surface area contributed by atoms with Crippen LogP contribution in [0.5, 0.6) is 0 Å². The quantitative estimate of drug-likeness (QED) is 0.420. The highest BCUT2D eigenvalue weighted by atomic mass is 19.4. The van der Waals surface area contributed by atoms with Crippen LogP contribution < -0.4 is 10.6 Å². The van der Waals surface area contributed by atoms with Crippen molar-refractivity contribution in [1.82, 2.24) is 24.9 Å². The summed E-state index contributed by atoms with van der Waals surface area (Å²) in [5, 5.41) is 15.3. The molecular weight excluding hydrogens is 445 g/mol. The van der Waals surface area contributed by atoms with Crippen molar-refractivity contribution in [3.05, 3.63) is 71.7 Å². The molecule has 4 aromatic rings. The molecule has 0 aliphatic heterocycles. The van der Waals surface area contributed by atoms with E-state index in [0.29, 0.717) is 17.1 Å². The van der Waals surface area contributed by atoms with Crippen LogP contribution in [0.25, 0.3) is 16.6 Å². The van der Waals surface area contributed by atoms with Crippen molar-refractivity contribution in [2.24, 2.45) is 7.05 Å². The zero-order valence-electron chi connectivity index (χ0n) is 19.2. The lowest BCUT2D eigenvalue weighted by Crippen LogP contribution is -2.29. The Morgan fingerprint density at radius 2 is 1.76 bits per heavy atom. The molecule has 0 radical (unpaired) electrons. The molecule has 0 spiro atoms. The third-order valence-corrected chi connectivity index (χ3v) is 5.46.